The van der Waals surface area contributed by atoms with E-state index in [1.165, 1.54) is 0 Å². The van der Waals surface area contributed by atoms with Gasteiger partial charge < -0.3 is 8.91 Å². The van der Waals surface area contributed by atoms with E-state index in [0.29, 0.717) is 10.5 Å². The first-order chi connectivity index (χ1) is 2.27. The van der Waals surface area contributed by atoms with Gasteiger partial charge in [0.2, 0.25) is 0 Å². The standard InChI is InChI=1S/H4O3Si2/c1-5(2)3-4/h1H,4H3. The summed E-state index contributed by atoms with van der Waals surface area (Å²) in [5.41, 5.74) is 0. The van der Waals surface area contributed by atoms with Crippen molar-refractivity contribution in [2.24, 2.45) is 0 Å². The summed E-state index contributed by atoms with van der Waals surface area (Å²) in [5, 5.41) is 0. The maximum Gasteiger partial charge on any atom is 0.748 e. The molecule has 1 N–H and O–H groups in total. The van der Waals surface area contributed by atoms with Crippen LogP contribution in [0.2, 0.25) is 0 Å². The number of hydrogen-bond acceptors (Lipinski definition) is 2. The lowest BCUT2D eigenvalue weighted by Gasteiger charge is -1.78. The third-order valence-corrected chi connectivity index (χ3v) is 1.57. The van der Waals surface area contributed by atoms with Crippen molar-refractivity contribution in [1.82, 2.24) is 0 Å². The summed E-state index contributed by atoms with van der Waals surface area (Å²) < 4.78 is 13.4. The minimum absolute atomic E-state index is 0.356. The van der Waals surface area contributed by atoms with E-state index in [1.807, 2.05) is 0 Å². The maximum absolute atomic E-state index is 9.37. The van der Waals surface area contributed by atoms with Crippen LogP contribution < -0.4 is 0 Å². The van der Waals surface area contributed by atoms with Crippen molar-refractivity contribution in [2.75, 3.05) is 0 Å². The Morgan fingerprint density at radius 3 is 2.20 bits per heavy atom. The third kappa shape index (κ3) is 3.83. The predicted octanol–water partition coefficient (Wildman–Crippen LogP) is -2.31. The average Bonchev–Trinajstić information content (AvgIpc) is 1.38. The molecule has 5 heteroatoms. The zero-order valence-electron chi connectivity index (χ0n) is 2.76. The van der Waals surface area contributed by atoms with Crippen LogP contribution in [0, 0.1) is 0 Å². The van der Waals surface area contributed by atoms with Gasteiger partial charge in [-0.15, -0.1) is 0 Å². The Bertz CT molecular complexity index is 40.2. The molecule has 5 heavy (non-hydrogen) atoms. The zero-order valence-corrected chi connectivity index (χ0v) is 5.76. The van der Waals surface area contributed by atoms with Gasteiger partial charge in [0.05, 0.1) is 0 Å². The normalized spacial score (nSPS) is 7.20. The monoisotopic (exact) mass is 108 g/mol. The molecule has 0 atom stereocenters. The van der Waals surface area contributed by atoms with E-state index >= 15 is 0 Å². The fourth-order valence-corrected chi connectivity index (χ4v) is 0. The van der Waals surface area contributed by atoms with Gasteiger partial charge in [0, 0.05) is 0 Å². The van der Waals surface area contributed by atoms with Crippen LogP contribution in [0.3, 0.4) is 0 Å². The SMILES string of the molecule is O=[Si](O)O[SiH3]. The lowest BCUT2D eigenvalue weighted by atomic mass is 15.8. The summed E-state index contributed by atoms with van der Waals surface area (Å²) in [6.45, 7) is 0. The molecule has 0 rings (SSSR count). The second-order valence-corrected chi connectivity index (χ2v) is 2.63. The van der Waals surface area contributed by atoms with Gasteiger partial charge in [0.25, 0.3) is 0 Å². The Balaban J connectivity index is 2.85. The highest BCUT2D eigenvalue weighted by Gasteiger charge is 1.92. The molecule has 0 aliphatic carbocycles. The fraction of sp³-hybridized carbons (Fsp3) is 0. The first kappa shape index (κ1) is 4.83. The summed E-state index contributed by atoms with van der Waals surface area (Å²) in [6, 6.07) is 0. The average molecular weight is 108 g/mol. The maximum atomic E-state index is 9.37. The molecule has 0 amide bonds. The van der Waals surface area contributed by atoms with Gasteiger partial charge in [-0.2, -0.15) is 0 Å². The molecule has 0 saturated heterocycles. The van der Waals surface area contributed by atoms with Crippen molar-refractivity contribution >= 4 is 19.7 Å². The van der Waals surface area contributed by atoms with Crippen LogP contribution in [0.25, 0.3) is 0 Å². The van der Waals surface area contributed by atoms with Crippen LogP contribution in [-0.2, 0) is 8.58 Å². The van der Waals surface area contributed by atoms with Crippen LogP contribution in [0.4, 0.5) is 0 Å². The highest BCUT2D eigenvalue weighted by Crippen LogP contribution is 1.48. The van der Waals surface area contributed by atoms with Crippen molar-refractivity contribution in [3.63, 3.8) is 0 Å². The summed E-state index contributed by atoms with van der Waals surface area (Å²) in [4.78, 5) is 7.72. The van der Waals surface area contributed by atoms with E-state index in [2.05, 4.69) is 4.12 Å². The molecule has 0 aliphatic heterocycles. The van der Waals surface area contributed by atoms with Crippen LogP contribution in [0.5, 0.6) is 0 Å². The summed E-state index contributed by atoms with van der Waals surface area (Å²) in [5.74, 6) is 0. The molecule has 0 aromatic rings. The number of rotatable bonds is 1. The Morgan fingerprint density at radius 1 is 2.00 bits per heavy atom. The fourth-order valence-electron chi connectivity index (χ4n) is 0. The third-order valence-electron chi connectivity index (χ3n) is 0.175. The van der Waals surface area contributed by atoms with E-state index in [1.54, 1.807) is 0 Å². The summed E-state index contributed by atoms with van der Waals surface area (Å²) >= 11 is 0. The second-order valence-electron chi connectivity index (χ2n) is 0.470. The second kappa shape index (κ2) is 2.09. The quantitative estimate of drug-likeness (QED) is 0.384. The van der Waals surface area contributed by atoms with Gasteiger partial charge in [-0.3, -0.25) is 4.46 Å². The molecular weight excluding hydrogens is 104 g/mol. The zero-order chi connectivity index (χ0) is 4.28. The van der Waals surface area contributed by atoms with Gasteiger partial charge in [-0.25, -0.2) is 0 Å². The number of hydrogen-bond donors (Lipinski definition) is 1. The summed E-state index contributed by atoms with van der Waals surface area (Å²) in [6.07, 6.45) is 0. The topological polar surface area (TPSA) is 46.5 Å². The van der Waals surface area contributed by atoms with Crippen molar-refractivity contribution in [2.45, 2.75) is 0 Å². The molecule has 0 radical (unpaired) electrons. The Kier molecular flexibility index (Phi) is 2.02. The Morgan fingerprint density at radius 2 is 2.20 bits per heavy atom. The van der Waals surface area contributed by atoms with E-state index in [-0.39, 0.29) is 0 Å². The van der Waals surface area contributed by atoms with E-state index < -0.39 is 9.17 Å². The predicted molar refractivity (Wildman–Crippen MR) is 19.7 cm³/mol. The molecule has 0 saturated carbocycles. The molecule has 0 spiro atoms. The van der Waals surface area contributed by atoms with E-state index in [9.17, 15) is 4.46 Å². The van der Waals surface area contributed by atoms with Crippen molar-refractivity contribution in [3.05, 3.63) is 0 Å². The molecule has 0 fully saturated rings. The van der Waals surface area contributed by atoms with E-state index in [0.717, 1.165) is 0 Å². The Hall–Kier alpha value is -0.166. The first-order valence-electron chi connectivity index (χ1n) is 1.04. The van der Waals surface area contributed by atoms with Gasteiger partial charge >= 0.3 is 9.17 Å². The van der Waals surface area contributed by atoms with Gasteiger partial charge in [-0.05, 0) is 0 Å². The molecule has 0 aromatic heterocycles. The van der Waals surface area contributed by atoms with Crippen molar-refractivity contribution < 1.29 is 13.4 Å². The molecule has 0 unspecified atom stereocenters. The molecule has 0 aliphatic rings. The molecule has 0 bridgehead atoms. The highest BCUT2D eigenvalue weighted by molar-refractivity contribution is 6.32. The van der Waals surface area contributed by atoms with Crippen molar-refractivity contribution in [3.8, 4) is 0 Å². The minimum atomic E-state index is -2.56. The van der Waals surface area contributed by atoms with Crippen molar-refractivity contribution in [1.29, 1.82) is 0 Å². The van der Waals surface area contributed by atoms with Crippen LogP contribution in [0.1, 0.15) is 0 Å². The summed E-state index contributed by atoms with van der Waals surface area (Å²) in [7, 11) is -2.21. The molecule has 0 aromatic carbocycles. The molecule has 0 heterocycles. The largest absolute Gasteiger partial charge is 0.748 e. The van der Waals surface area contributed by atoms with Crippen LogP contribution in [0.15, 0.2) is 0 Å². The Labute approximate surface area is 34.0 Å². The lowest BCUT2D eigenvalue weighted by molar-refractivity contribution is 0.351. The van der Waals surface area contributed by atoms with Gasteiger partial charge in [-0.1, -0.05) is 0 Å². The molecule has 3 nitrogen and oxygen atoms in total. The van der Waals surface area contributed by atoms with Crippen LogP contribution >= 0.6 is 0 Å². The minimum Gasteiger partial charge on any atom is -0.560 e. The van der Waals surface area contributed by atoms with Gasteiger partial charge in [0.15, 0.2) is 10.5 Å². The smallest absolute Gasteiger partial charge is 0.560 e. The molecule has 30 valence electrons. The van der Waals surface area contributed by atoms with Crippen LogP contribution in [-0.4, -0.2) is 24.5 Å². The van der Waals surface area contributed by atoms with Gasteiger partial charge in [0.1, 0.15) is 0 Å². The lowest BCUT2D eigenvalue weighted by Crippen LogP contribution is -2.00. The highest BCUT2D eigenvalue weighted by atomic mass is 28.3. The first-order valence-corrected chi connectivity index (χ1v) is 3.12. The van der Waals surface area contributed by atoms with E-state index in [4.69, 9.17) is 4.80 Å². The molecular formula is H4O3Si2.